The number of ketones is 1. The fourth-order valence-electron chi connectivity index (χ4n) is 2.94. The zero-order valence-electron chi connectivity index (χ0n) is 15.5. The van der Waals surface area contributed by atoms with Gasteiger partial charge in [-0.05, 0) is 44.4 Å². The first-order valence-corrected chi connectivity index (χ1v) is 8.68. The van der Waals surface area contributed by atoms with E-state index in [2.05, 4.69) is 23.5 Å². The van der Waals surface area contributed by atoms with Crippen molar-refractivity contribution in [2.45, 2.75) is 47.2 Å². The number of hydrogen-bond acceptors (Lipinski definition) is 5. The van der Waals surface area contributed by atoms with E-state index in [0.717, 1.165) is 29.0 Å². The zero-order chi connectivity index (χ0) is 18.8. The van der Waals surface area contributed by atoms with E-state index in [-0.39, 0.29) is 18.2 Å². The van der Waals surface area contributed by atoms with Crippen molar-refractivity contribution < 1.29 is 13.6 Å². The van der Waals surface area contributed by atoms with E-state index < -0.39 is 5.76 Å². The molecule has 0 unspecified atom stereocenters. The fraction of sp³-hybridized carbons (Fsp3) is 0.421. The first-order chi connectivity index (χ1) is 12.4. The third kappa shape index (κ3) is 3.56. The smallest absolute Gasteiger partial charge is 0.437 e. The topological polar surface area (TPSA) is 83.2 Å². The fourth-order valence-corrected chi connectivity index (χ4v) is 2.94. The molecule has 0 radical (unpaired) electrons. The summed E-state index contributed by atoms with van der Waals surface area (Å²) in [7, 11) is 0. The van der Waals surface area contributed by atoms with E-state index in [1.807, 2.05) is 19.9 Å². The van der Waals surface area contributed by atoms with Crippen LogP contribution in [0.25, 0.3) is 11.7 Å². The summed E-state index contributed by atoms with van der Waals surface area (Å²) in [6.07, 6.45) is 2.50. The van der Waals surface area contributed by atoms with Crippen molar-refractivity contribution in [3.63, 3.8) is 0 Å². The standard InChI is InChI=1S/C19H23N3O4/c1-12(2)7-8-21-13(3)10-15(14(21)4)16(23)11-22-19(24)26-18(20-22)17-6-5-9-25-17/h5-6,9-10,12H,7-8,11H2,1-4H3. The van der Waals surface area contributed by atoms with Gasteiger partial charge in [0.15, 0.2) is 11.5 Å². The lowest BCUT2D eigenvalue weighted by Gasteiger charge is -2.11. The van der Waals surface area contributed by atoms with Crippen LogP contribution in [0.4, 0.5) is 0 Å². The van der Waals surface area contributed by atoms with Crippen molar-refractivity contribution in [2.24, 2.45) is 5.92 Å². The van der Waals surface area contributed by atoms with Crippen LogP contribution in [-0.4, -0.2) is 20.1 Å². The van der Waals surface area contributed by atoms with Crippen molar-refractivity contribution >= 4 is 5.78 Å². The van der Waals surface area contributed by atoms with Gasteiger partial charge in [-0.1, -0.05) is 13.8 Å². The molecular weight excluding hydrogens is 334 g/mol. The van der Waals surface area contributed by atoms with Crippen molar-refractivity contribution in [3.8, 4) is 11.7 Å². The highest BCUT2D eigenvalue weighted by Gasteiger charge is 2.19. The van der Waals surface area contributed by atoms with Gasteiger partial charge in [-0.15, -0.1) is 5.10 Å². The van der Waals surface area contributed by atoms with Crippen molar-refractivity contribution in [1.29, 1.82) is 0 Å². The summed E-state index contributed by atoms with van der Waals surface area (Å²) in [5, 5.41) is 4.05. The number of aromatic nitrogens is 3. The normalized spacial score (nSPS) is 11.4. The van der Waals surface area contributed by atoms with E-state index in [9.17, 15) is 9.59 Å². The van der Waals surface area contributed by atoms with Gasteiger partial charge >= 0.3 is 5.76 Å². The molecule has 0 bridgehead atoms. The number of carbonyl (C=O) groups is 1. The Balaban J connectivity index is 1.81. The third-order valence-electron chi connectivity index (χ3n) is 4.44. The Bertz CT molecular complexity index is 958. The molecule has 0 aliphatic carbocycles. The first-order valence-electron chi connectivity index (χ1n) is 8.68. The van der Waals surface area contributed by atoms with Crippen LogP contribution in [0.1, 0.15) is 42.0 Å². The van der Waals surface area contributed by atoms with E-state index in [4.69, 9.17) is 8.83 Å². The van der Waals surface area contributed by atoms with Crippen LogP contribution in [0.3, 0.4) is 0 Å². The molecule has 0 aliphatic heterocycles. The number of furan rings is 1. The number of rotatable bonds is 7. The number of Topliss-reactive ketones (excluding diaryl/α,β-unsaturated/α-hetero) is 1. The van der Waals surface area contributed by atoms with Crippen LogP contribution in [0, 0.1) is 19.8 Å². The molecule has 138 valence electrons. The van der Waals surface area contributed by atoms with Crippen LogP contribution in [0.2, 0.25) is 0 Å². The highest BCUT2D eigenvalue weighted by Crippen LogP contribution is 2.19. The predicted octanol–water partition coefficient (Wildman–Crippen LogP) is 3.44. The molecule has 0 saturated carbocycles. The Hall–Kier alpha value is -2.83. The van der Waals surface area contributed by atoms with Crippen LogP contribution < -0.4 is 5.76 Å². The number of nitrogens with zero attached hydrogens (tertiary/aromatic N) is 3. The minimum Gasteiger partial charge on any atom is -0.459 e. The molecule has 0 amide bonds. The molecular formula is C19H23N3O4. The molecule has 3 heterocycles. The highest BCUT2D eigenvalue weighted by molar-refractivity contribution is 5.97. The average Bonchev–Trinajstić information content (AvgIpc) is 3.27. The molecule has 7 nitrogen and oxygen atoms in total. The van der Waals surface area contributed by atoms with Crippen LogP contribution >= 0.6 is 0 Å². The lowest BCUT2D eigenvalue weighted by atomic mass is 10.1. The molecule has 26 heavy (non-hydrogen) atoms. The highest BCUT2D eigenvalue weighted by atomic mass is 16.4. The lowest BCUT2D eigenvalue weighted by Crippen LogP contribution is -2.22. The largest absolute Gasteiger partial charge is 0.459 e. The maximum absolute atomic E-state index is 12.7. The zero-order valence-corrected chi connectivity index (χ0v) is 15.5. The summed E-state index contributed by atoms with van der Waals surface area (Å²) < 4.78 is 13.4. The van der Waals surface area contributed by atoms with Gasteiger partial charge in [0.2, 0.25) is 0 Å². The molecule has 0 atom stereocenters. The molecule has 3 rings (SSSR count). The molecule has 0 spiro atoms. The second-order valence-corrected chi connectivity index (χ2v) is 6.85. The molecule has 3 aromatic rings. The minimum atomic E-state index is -0.682. The Kier molecular flexibility index (Phi) is 4.97. The molecule has 0 aromatic carbocycles. The Morgan fingerprint density at radius 1 is 1.31 bits per heavy atom. The monoisotopic (exact) mass is 357 g/mol. The van der Waals surface area contributed by atoms with Gasteiger partial charge in [0.1, 0.15) is 6.54 Å². The van der Waals surface area contributed by atoms with E-state index in [1.54, 1.807) is 12.1 Å². The van der Waals surface area contributed by atoms with E-state index in [0.29, 0.717) is 17.2 Å². The molecule has 7 heteroatoms. The van der Waals surface area contributed by atoms with Gasteiger partial charge in [-0.25, -0.2) is 4.79 Å². The molecule has 0 aliphatic rings. The van der Waals surface area contributed by atoms with Gasteiger partial charge in [-0.3, -0.25) is 4.79 Å². The molecule has 0 fully saturated rings. The maximum atomic E-state index is 12.7. The molecule has 0 N–H and O–H groups in total. The van der Waals surface area contributed by atoms with Gasteiger partial charge < -0.3 is 13.4 Å². The SMILES string of the molecule is Cc1cc(C(=O)Cn2nc(-c3ccco3)oc2=O)c(C)n1CCC(C)C. The summed E-state index contributed by atoms with van der Waals surface area (Å²) in [6, 6.07) is 5.18. The van der Waals surface area contributed by atoms with Gasteiger partial charge in [0.05, 0.1) is 6.26 Å². The van der Waals surface area contributed by atoms with Gasteiger partial charge in [0.25, 0.3) is 5.89 Å². The Morgan fingerprint density at radius 2 is 2.08 bits per heavy atom. The maximum Gasteiger partial charge on any atom is 0.437 e. The van der Waals surface area contributed by atoms with Gasteiger partial charge in [0, 0.05) is 23.5 Å². The number of hydrogen-bond donors (Lipinski definition) is 0. The van der Waals surface area contributed by atoms with Gasteiger partial charge in [-0.2, -0.15) is 4.68 Å². The van der Waals surface area contributed by atoms with Crippen LogP contribution in [0.5, 0.6) is 0 Å². The predicted molar refractivity (Wildman–Crippen MR) is 96.2 cm³/mol. The molecule has 3 aromatic heterocycles. The Morgan fingerprint density at radius 3 is 2.73 bits per heavy atom. The second-order valence-electron chi connectivity index (χ2n) is 6.85. The summed E-state index contributed by atoms with van der Waals surface area (Å²) in [4.78, 5) is 24.7. The third-order valence-corrected chi connectivity index (χ3v) is 4.44. The minimum absolute atomic E-state index is 0.0650. The summed E-state index contributed by atoms with van der Waals surface area (Å²) in [6.45, 7) is 8.97. The summed E-state index contributed by atoms with van der Waals surface area (Å²) in [5.41, 5.74) is 2.56. The van der Waals surface area contributed by atoms with Crippen molar-refractivity contribution in [1.82, 2.24) is 14.3 Å². The average molecular weight is 357 g/mol. The van der Waals surface area contributed by atoms with E-state index >= 15 is 0 Å². The summed E-state index contributed by atoms with van der Waals surface area (Å²) in [5.74, 6) is 0.146. The number of carbonyl (C=O) groups excluding carboxylic acids is 1. The second kappa shape index (κ2) is 7.19. The van der Waals surface area contributed by atoms with Crippen LogP contribution in [-0.2, 0) is 13.1 Å². The lowest BCUT2D eigenvalue weighted by molar-refractivity contribution is 0.0964. The van der Waals surface area contributed by atoms with Crippen molar-refractivity contribution in [3.05, 3.63) is 52.0 Å². The van der Waals surface area contributed by atoms with E-state index in [1.165, 1.54) is 6.26 Å². The first kappa shape index (κ1) is 18.0. The molecule has 0 saturated heterocycles. The van der Waals surface area contributed by atoms with Crippen LogP contribution in [0.15, 0.2) is 38.1 Å². The Labute approximate surface area is 151 Å². The summed E-state index contributed by atoms with van der Waals surface area (Å²) >= 11 is 0. The van der Waals surface area contributed by atoms with Crippen molar-refractivity contribution in [2.75, 3.05) is 0 Å². The quantitative estimate of drug-likeness (QED) is 0.605. The number of aryl methyl sites for hydroxylation is 1.